The number of hydrogen-bond acceptors (Lipinski definition) is 4. The van der Waals surface area contributed by atoms with E-state index >= 15 is 0 Å². The Labute approximate surface area is 104 Å². The van der Waals surface area contributed by atoms with E-state index in [4.69, 9.17) is 5.11 Å². The summed E-state index contributed by atoms with van der Waals surface area (Å²) in [4.78, 5) is 25.4. The van der Waals surface area contributed by atoms with Crippen LogP contribution in [0.25, 0.3) is 0 Å². The monoisotopic (exact) mass is 253 g/mol. The summed E-state index contributed by atoms with van der Waals surface area (Å²) in [5.74, 6) is -0.665. The Morgan fingerprint density at radius 1 is 1.53 bits per heavy atom. The number of nitrogens with zero attached hydrogens (tertiary/aromatic N) is 1. The molecule has 92 valence electrons. The van der Waals surface area contributed by atoms with Crippen molar-refractivity contribution in [3.8, 4) is 0 Å². The van der Waals surface area contributed by atoms with E-state index in [9.17, 15) is 9.59 Å². The molecule has 1 aromatic heterocycles. The molecule has 0 aliphatic carbocycles. The lowest BCUT2D eigenvalue weighted by Gasteiger charge is -2.20. The second-order valence-electron chi connectivity index (χ2n) is 4.18. The number of carbonyl (C=O) groups is 2. The zero-order chi connectivity index (χ0) is 12.3. The minimum Gasteiger partial charge on any atom is -0.480 e. The molecule has 0 amide bonds. The number of Topliss-reactive ketones (excluding diaryl/α,β-unsaturated/α-hetero) is 1. The van der Waals surface area contributed by atoms with Crippen LogP contribution in [0.2, 0.25) is 0 Å². The van der Waals surface area contributed by atoms with Crippen LogP contribution in [-0.4, -0.2) is 40.9 Å². The van der Waals surface area contributed by atoms with Gasteiger partial charge in [0.05, 0.1) is 4.88 Å². The summed E-state index contributed by atoms with van der Waals surface area (Å²) < 4.78 is 0. The van der Waals surface area contributed by atoms with Crippen LogP contribution < -0.4 is 0 Å². The Balaban J connectivity index is 1.86. The number of thiophene rings is 1. The second kappa shape index (κ2) is 5.42. The molecule has 0 aromatic carbocycles. The van der Waals surface area contributed by atoms with E-state index in [2.05, 4.69) is 0 Å². The fraction of sp³-hybridized carbons (Fsp3) is 0.500. The van der Waals surface area contributed by atoms with Gasteiger partial charge in [-0.3, -0.25) is 14.5 Å². The molecule has 1 aromatic rings. The van der Waals surface area contributed by atoms with Gasteiger partial charge < -0.3 is 5.11 Å². The van der Waals surface area contributed by atoms with Crippen molar-refractivity contribution in [2.45, 2.75) is 25.3 Å². The Morgan fingerprint density at radius 2 is 2.35 bits per heavy atom. The molecule has 0 unspecified atom stereocenters. The highest BCUT2D eigenvalue weighted by molar-refractivity contribution is 7.12. The van der Waals surface area contributed by atoms with Crippen molar-refractivity contribution >= 4 is 23.1 Å². The SMILES string of the molecule is O=C(CCN1CCC[C@H]1C(=O)O)c1cccs1. The lowest BCUT2D eigenvalue weighted by Crippen LogP contribution is -2.37. The summed E-state index contributed by atoms with van der Waals surface area (Å²) in [7, 11) is 0. The molecule has 0 bridgehead atoms. The first-order valence-electron chi connectivity index (χ1n) is 5.72. The highest BCUT2D eigenvalue weighted by atomic mass is 32.1. The number of aliphatic carboxylic acids is 1. The Morgan fingerprint density at radius 3 is 3.00 bits per heavy atom. The number of rotatable bonds is 5. The van der Waals surface area contributed by atoms with Gasteiger partial charge >= 0.3 is 5.97 Å². The van der Waals surface area contributed by atoms with Crippen molar-refractivity contribution in [1.29, 1.82) is 0 Å². The Kier molecular flexibility index (Phi) is 3.91. The first kappa shape index (κ1) is 12.3. The first-order chi connectivity index (χ1) is 8.18. The van der Waals surface area contributed by atoms with Gasteiger partial charge in [-0.15, -0.1) is 11.3 Å². The van der Waals surface area contributed by atoms with Crippen LogP contribution in [-0.2, 0) is 4.79 Å². The Bertz CT molecular complexity index is 402. The fourth-order valence-corrected chi connectivity index (χ4v) is 2.87. The number of likely N-dealkylation sites (tertiary alicyclic amines) is 1. The molecule has 1 aliphatic heterocycles. The van der Waals surface area contributed by atoms with E-state index in [0.29, 0.717) is 19.4 Å². The predicted molar refractivity (Wildman–Crippen MR) is 65.5 cm³/mol. The molecule has 1 fully saturated rings. The molecule has 0 saturated carbocycles. The summed E-state index contributed by atoms with van der Waals surface area (Å²) in [5.41, 5.74) is 0. The quantitative estimate of drug-likeness (QED) is 0.814. The molecule has 1 atom stereocenters. The molecule has 0 radical (unpaired) electrons. The highest BCUT2D eigenvalue weighted by Gasteiger charge is 2.30. The predicted octanol–water partition coefficient (Wildman–Crippen LogP) is 1.87. The maximum Gasteiger partial charge on any atom is 0.320 e. The molecule has 5 heteroatoms. The van der Waals surface area contributed by atoms with Crippen molar-refractivity contribution < 1.29 is 14.7 Å². The molecular formula is C12H15NO3S. The normalized spacial score (nSPS) is 20.6. The van der Waals surface area contributed by atoms with Gasteiger partial charge in [0, 0.05) is 13.0 Å². The number of carbonyl (C=O) groups excluding carboxylic acids is 1. The maximum atomic E-state index is 11.8. The van der Waals surface area contributed by atoms with Crippen LogP contribution in [0, 0.1) is 0 Å². The molecule has 2 rings (SSSR count). The molecule has 0 spiro atoms. The minimum atomic E-state index is -0.772. The smallest absolute Gasteiger partial charge is 0.320 e. The van der Waals surface area contributed by atoms with Crippen molar-refractivity contribution in [3.63, 3.8) is 0 Å². The highest BCUT2D eigenvalue weighted by Crippen LogP contribution is 2.19. The molecule has 17 heavy (non-hydrogen) atoms. The van der Waals surface area contributed by atoms with E-state index in [1.165, 1.54) is 11.3 Å². The van der Waals surface area contributed by atoms with E-state index in [0.717, 1.165) is 17.8 Å². The van der Waals surface area contributed by atoms with Crippen LogP contribution in [0.1, 0.15) is 28.9 Å². The number of ketones is 1. The van der Waals surface area contributed by atoms with Crippen molar-refractivity contribution in [1.82, 2.24) is 4.90 Å². The van der Waals surface area contributed by atoms with Gasteiger partial charge in [-0.05, 0) is 30.8 Å². The van der Waals surface area contributed by atoms with Gasteiger partial charge in [-0.2, -0.15) is 0 Å². The zero-order valence-electron chi connectivity index (χ0n) is 9.46. The van der Waals surface area contributed by atoms with Gasteiger partial charge in [0.2, 0.25) is 0 Å². The zero-order valence-corrected chi connectivity index (χ0v) is 10.3. The summed E-state index contributed by atoms with van der Waals surface area (Å²) in [6, 6.07) is 3.27. The molecule has 1 saturated heterocycles. The average Bonchev–Trinajstić information content (AvgIpc) is 2.96. The average molecular weight is 253 g/mol. The van der Waals surface area contributed by atoms with Crippen molar-refractivity contribution in [2.24, 2.45) is 0 Å². The van der Waals surface area contributed by atoms with Crippen LogP contribution in [0.15, 0.2) is 17.5 Å². The molecule has 4 nitrogen and oxygen atoms in total. The fourth-order valence-electron chi connectivity index (χ4n) is 2.18. The molecular weight excluding hydrogens is 238 g/mol. The third-order valence-electron chi connectivity index (χ3n) is 3.07. The van der Waals surface area contributed by atoms with Gasteiger partial charge in [0.15, 0.2) is 5.78 Å². The summed E-state index contributed by atoms with van der Waals surface area (Å²) in [6.07, 6.45) is 2.01. The van der Waals surface area contributed by atoms with Crippen LogP contribution in [0.5, 0.6) is 0 Å². The van der Waals surface area contributed by atoms with E-state index in [1.54, 1.807) is 0 Å². The Hall–Kier alpha value is -1.20. The minimum absolute atomic E-state index is 0.107. The van der Waals surface area contributed by atoms with Crippen LogP contribution in [0.4, 0.5) is 0 Å². The molecule has 2 heterocycles. The standard InChI is InChI=1S/C12H15NO3S/c14-10(11-4-2-8-17-11)5-7-13-6-1-3-9(13)12(15)16/h2,4,8-9H,1,3,5-7H2,(H,15,16)/t9-/m0/s1. The lowest BCUT2D eigenvalue weighted by molar-refractivity contribution is -0.142. The lowest BCUT2D eigenvalue weighted by atomic mass is 10.2. The first-order valence-corrected chi connectivity index (χ1v) is 6.60. The topological polar surface area (TPSA) is 57.6 Å². The van der Waals surface area contributed by atoms with Gasteiger partial charge in [0.25, 0.3) is 0 Å². The second-order valence-corrected chi connectivity index (χ2v) is 5.13. The van der Waals surface area contributed by atoms with Crippen LogP contribution >= 0.6 is 11.3 Å². The maximum absolute atomic E-state index is 11.8. The number of hydrogen-bond donors (Lipinski definition) is 1. The van der Waals surface area contributed by atoms with E-state index in [1.807, 2.05) is 22.4 Å². The molecule has 1 aliphatic rings. The van der Waals surface area contributed by atoms with Crippen molar-refractivity contribution in [2.75, 3.05) is 13.1 Å². The summed E-state index contributed by atoms with van der Waals surface area (Å²) in [6.45, 7) is 1.34. The largest absolute Gasteiger partial charge is 0.480 e. The molecule has 1 N–H and O–H groups in total. The number of carboxylic acid groups (broad SMARTS) is 1. The van der Waals surface area contributed by atoms with E-state index < -0.39 is 12.0 Å². The van der Waals surface area contributed by atoms with Gasteiger partial charge in [0.1, 0.15) is 6.04 Å². The third-order valence-corrected chi connectivity index (χ3v) is 3.98. The summed E-state index contributed by atoms with van der Waals surface area (Å²) in [5, 5.41) is 10.9. The van der Waals surface area contributed by atoms with Crippen LogP contribution in [0.3, 0.4) is 0 Å². The van der Waals surface area contributed by atoms with Crippen molar-refractivity contribution in [3.05, 3.63) is 22.4 Å². The third kappa shape index (κ3) is 2.92. The van der Waals surface area contributed by atoms with Gasteiger partial charge in [-0.1, -0.05) is 6.07 Å². The number of carboxylic acids is 1. The van der Waals surface area contributed by atoms with E-state index in [-0.39, 0.29) is 5.78 Å². The van der Waals surface area contributed by atoms with Gasteiger partial charge in [-0.25, -0.2) is 0 Å². The summed E-state index contributed by atoms with van der Waals surface area (Å²) >= 11 is 1.44.